The summed E-state index contributed by atoms with van der Waals surface area (Å²) in [5, 5.41) is 3.40. The van der Waals surface area contributed by atoms with E-state index in [1.807, 2.05) is 0 Å². The highest BCUT2D eigenvalue weighted by Gasteiger charge is 2.25. The Labute approximate surface area is 122 Å². The highest BCUT2D eigenvalue weighted by molar-refractivity contribution is 4.77. The lowest BCUT2D eigenvalue weighted by molar-refractivity contribution is 0.189. The summed E-state index contributed by atoms with van der Waals surface area (Å²) in [6.07, 6.45) is 4.01. The zero-order valence-electron chi connectivity index (χ0n) is 15.1. The zero-order chi connectivity index (χ0) is 15.3. The van der Waals surface area contributed by atoms with E-state index in [4.69, 9.17) is 0 Å². The standard InChI is InChI=1S/C18H39N/c1-14(11-17(3,4)5)10-16(13-19-9)15(2)12-18(6,7)8/h14-16,19H,10-13H2,1-9H3. The highest BCUT2D eigenvalue weighted by Crippen LogP contribution is 2.34. The molecule has 1 N–H and O–H groups in total. The Hall–Kier alpha value is -0.0400. The largest absolute Gasteiger partial charge is 0.319 e. The van der Waals surface area contributed by atoms with Gasteiger partial charge in [0.1, 0.15) is 0 Å². The zero-order valence-corrected chi connectivity index (χ0v) is 15.1. The molecule has 19 heavy (non-hydrogen) atoms. The normalized spacial score (nSPS) is 18.2. The molecular weight excluding hydrogens is 230 g/mol. The van der Waals surface area contributed by atoms with Crippen molar-refractivity contribution >= 4 is 0 Å². The molecule has 0 aliphatic carbocycles. The molecule has 0 bridgehead atoms. The van der Waals surface area contributed by atoms with Gasteiger partial charge in [0.05, 0.1) is 0 Å². The van der Waals surface area contributed by atoms with Crippen molar-refractivity contribution in [2.24, 2.45) is 28.6 Å². The third-order valence-corrected chi connectivity index (χ3v) is 3.87. The van der Waals surface area contributed by atoms with Crippen molar-refractivity contribution < 1.29 is 0 Å². The van der Waals surface area contributed by atoms with Crippen molar-refractivity contribution in [1.29, 1.82) is 0 Å². The lowest BCUT2D eigenvalue weighted by Gasteiger charge is -2.33. The van der Waals surface area contributed by atoms with E-state index in [2.05, 4.69) is 67.8 Å². The molecule has 1 heteroatoms. The first-order valence-corrected chi connectivity index (χ1v) is 8.09. The van der Waals surface area contributed by atoms with E-state index >= 15 is 0 Å². The average Bonchev–Trinajstić information content (AvgIpc) is 2.10. The van der Waals surface area contributed by atoms with Crippen LogP contribution in [0.2, 0.25) is 0 Å². The maximum Gasteiger partial charge on any atom is -0.00209 e. The van der Waals surface area contributed by atoms with Gasteiger partial charge < -0.3 is 5.32 Å². The number of hydrogen-bond donors (Lipinski definition) is 1. The number of nitrogens with one attached hydrogen (secondary N) is 1. The second kappa shape index (κ2) is 7.67. The molecule has 0 aromatic rings. The molecule has 1 nitrogen and oxygen atoms in total. The van der Waals surface area contributed by atoms with Crippen molar-refractivity contribution in [2.75, 3.05) is 13.6 Å². The Bertz CT molecular complexity index is 231. The first-order chi connectivity index (χ1) is 8.44. The molecule has 0 saturated carbocycles. The van der Waals surface area contributed by atoms with Crippen molar-refractivity contribution in [1.82, 2.24) is 5.32 Å². The van der Waals surface area contributed by atoms with Gasteiger partial charge in [0, 0.05) is 0 Å². The van der Waals surface area contributed by atoms with Crippen LogP contribution in [0, 0.1) is 28.6 Å². The van der Waals surface area contributed by atoms with Crippen molar-refractivity contribution in [3.05, 3.63) is 0 Å². The summed E-state index contributed by atoms with van der Waals surface area (Å²) < 4.78 is 0. The van der Waals surface area contributed by atoms with Crippen molar-refractivity contribution in [2.45, 2.75) is 74.7 Å². The van der Waals surface area contributed by atoms with Gasteiger partial charge in [0.25, 0.3) is 0 Å². The van der Waals surface area contributed by atoms with Gasteiger partial charge in [-0.3, -0.25) is 0 Å². The molecule has 3 unspecified atom stereocenters. The predicted octanol–water partition coefficient (Wildman–Crippen LogP) is 5.36. The molecule has 0 heterocycles. The monoisotopic (exact) mass is 269 g/mol. The second-order valence-electron chi connectivity index (χ2n) is 9.17. The van der Waals surface area contributed by atoms with Gasteiger partial charge in [0.2, 0.25) is 0 Å². The summed E-state index contributed by atoms with van der Waals surface area (Å²) in [4.78, 5) is 0. The Kier molecular flexibility index (Phi) is 7.65. The quantitative estimate of drug-likeness (QED) is 0.656. The summed E-state index contributed by atoms with van der Waals surface area (Å²) >= 11 is 0. The second-order valence-corrected chi connectivity index (χ2v) is 9.17. The molecule has 0 aliphatic heterocycles. The van der Waals surface area contributed by atoms with Gasteiger partial charge in [-0.25, -0.2) is 0 Å². The van der Waals surface area contributed by atoms with Crippen LogP contribution in [0.15, 0.2) is 0 Å². The van der Waals surface area contributed by atoms with Crippen LogP contribution in [0.1, 0.15) is 74.7 Å². The minimum Gasteiger partial charge on any atom is -0.319 e. The smallest absolute Gasteiger partial charge is 0.00209 e. The fourth-order valence-electron chi connectivity index (χ4n) is 3.56. The number of hydrogen-bond acceptors (Lipinski definition) is 1. The van der Waals surface area contributed by atoms with E-state index in [9.17, 15) is 0 Å². The maximum absolute atomic E-state index is 3.40. The molecule has 0 spiro atoms. The molecule has 0 aromatic carbocycles. The van der Waals surface area contributed by atoms with Crippen LogP contribution in [0.4, 0.5) is 0 Å². The third-order valence-electron chi connectivity index (χ3n) is 3.87. The van der Waals surface area contributed by atoms with E-state index in [-0.39, 0.29) is 0 Å². The average molecular weight is 270 g/mol. The summed E-state index contributed by atoms with van der Waals surface area (Å²) in [7, 11) is 2.09. The molecule has 0 fully saturated rings. The summed E-state index contributed by atoms with van der Waals surface area (Å²) in [5.41, 5.74) is 0.898. The van der Waals surface area contributed by atoms with Crippen molar-refractivity contribution in [3.63, 3.8) is 0 Å². The van der Waals surface area contributed by atoms with E-state index in [0.717, 1.165) is 24.3 Å². The van der Waals surface area contributed by atoms with Gasteiger partial charge in [-0.2, -0.15) is 0 Å². The fraction of sp³-hybridized carbons (Fsp3) is 1.00. The minimum absolute atomic E-state index is 0.443. The molecule has 116 valence electrons. The molecule has 0 radical (unpaired) electrons. The van der Waals surface area contributed by atoms with Gasteiger partial charge in [-0.1, -0.05) is 55.4 Å². The predicted molar refractivity (Wildman–Crippen MR) is 88.5 cm³/mol. The van der Waals surface area contributed by atoms with Gasteiger partial charge in [-0.15, -0.1) is 0 Å². The van der Waals surface area contributed by atoms with Crippen LogP contribution in [0.5, 0.6) is 0 Å². The Morgan fingerprint density at radius 1 is 0.842 bits per heavy atom. The van der Waals surface area contributed by atoms with Crippen LogP contribution in [0.3, 0.4) is 0 Å². The first kappa shape index (κ1) is 19.0. The molecule has 0 rings (SSSR count). The summed E-state index contributed by atoms with van der Waals surface area (Å²) in [6.45, 7) is 20.2. The van der Waals surface area contributed by atoms with Crippen LogP contribution in [-0.2, 0) is 0 Å². The van der Waals surface area contributed by atoms with Crippen molar-refractivity contribution in [3.8, 4) is 0 Å². The lowest BCUT2D eigenvalue weighted by Crippen LogP contribution is -2.29. The molecule has 0 aliphatic rings. The van der Waals surface area contributed by atoms with Crippen LogP contribution in [0.25, 0.3) is 0 Å². The molecule has 0 aromatic heterocycles. The summed E-state index contributed by atoms with van der Waals surface area (Å²) in [5.74, 6) is 2.43. The van der Waals surface area contributed by atoms with Crippen LogP contribution in [-0.4, -0.2) is 13.6 Å². The Balaban J connectivity index is 4.47. The maximum atomic E-state index is 3.40. The van der Waals surface area contributed by atoms with Gasteiger partial charge in [-0.05, 0) is 61.4 Å². The fourth-order valence-corrected chi connectivity index (χ4v) is 3.56. The topological polar surface area (TPSA) is 12.0 Å². The van der Waals surface area contributed by atoms with E-state index in [0.29, 0.717) is 10.8 Å². The lowest BCUT2D eigenvalue weighted by atomic mass is 9.74. The molecular formula is C18H39N. The van der Waals surface area contributed by atoms with Crippen LogP contribution >= 0.6 is 0 Å². The van der Waals surface area contributed by atoms with E-state index < -0.39 is 0 Å². The minimum atomic E-state index is 0.443. The SMILES string of the molecule is CNCC(CC(C)CC(C)(C)C)C(C)CC(C)(C)C. The van der Waals surface area contributed by atoms with Gasteiger partial charge >= 0.3 is 0 Å². The first-order valence-electron chi connectivity index (χ1n) is 8.09. The van der Waals surface area contributed by atoms with Gasteiger partial charge in [0.15, 0.2) is 0 Å². The molecule has 0 saturated heterocycles. The Morgan fingerprint density at radius 3 is 1.68 bits per heavy atom. The van der Waals surface area contributed by atoms with Crippen LogP contribution < -0.4 is 5.32 Å². The highest BCUT2D eigenvalue weighted by atomic mass is 14.8. The molecule has 0 amide bonds. The Morgan fingerprint density at radius 2 is 1.32 bits per heavy atom. The summed E-state index contributed by atoms with van der Waals surface area (Å²) in [6, 6.07) is 0. The number of rotatable bonds is 7. The molecule has 3 atom stereocenters. The van der Waals surface area contributed by atoms with E-state index in [1.54, 1.807) is 0 Å². The third kappa shape index (κ3) is 10.4. The van der Waals surface area contributed by atoms with E-state index in [1.165, 1.54) is 19.3 Å².